The van der Waals surface area contributed by atoms with Gasteiger partial charge in [0.15, 0.2) is 15.5 Å². The van der Waals surface area contributed by atoms with Crippen molar-refractivity contribution in [3.05, 3.63) is 60.9 Å². The zero-order chi connectivity index (χ0) is 19.9. The van der Waals surface area contributed by atoms with Gasteiger partial charge in [0.25, 0.3) is 0 Å². The molecule has 8 heteroatoms. The van der Waals surface area contributed by atoms with Crippen molar-refractivity contribution in [3.8, 4) is 22.4 Å². The van der Waals surface area contributed by atoms with E-state index in [1.165, 1.54) is 12.3 Å². The fourth-order valence-electron chi connectivity index (χ4n) is 2.87. The van der Waals surface area contributed by atoms with Crippen molar-refractivity contribution in [2.75, 3.05) is 0 Å². The Balaban J connectivity index is 1.76. The van der Waals surface area contributed by atoms with Gasteiger partial charge in [-0.15, -0.1) is 0 Å². The fraction of sp³-hybridized carbons (Fsp3) is 0.150. The number of hydrogen-bond donors (Lipinski definition) is 1. The van der Waals surface area contributed by atoms with Gasteiger partial charge < -0.3 is 4.98 Å². The molecule has 0 bridgehead atoms. The Morgan fingerprint density at radius 2 is 1.68 bits per heavy atom. The normalized spacial score (nSPS) is 12.0. The van der Waals surface area contributed by atoms with Gasteiger partial charge in [-0.3, -0.25) is 0 Å². The second-order valence-electron chi connectivity index (χ2n) is 6.64. The van der Waals surface area contributed by atoms with E-state index in [0.717, 1.165) is 16.7 Å². The average molecular weight is 396 g/mol. The van der Waals surface area contributed by atoms with E-state index >= 15 is 0 Å². The Kier molecular flexibility index (Phi) is 4.43. The molecule has 0 atom stereocenters. The molecule has 4 aromatic rings. The summed E-state index contributed by atoms with van der Waals surface area (Å²) in [6.07, 6.45) is 4.82. The van der Waals surface area contributed by atoms with Crippen molar-refractivity contribution in [1.82, 2.24) is 19.9 Å². The van der Waals surface area contributed by atoms with Crippen LogP contribution in [0.1, 0.15) is 13.8 Å². The highest BCUT2D eigenvalue weighted by Crippen LogP contribution is 2.28. The van der Waals surface area contributed by atoms with Crippen molar-refractivity contribution < 1.29 is 12.8 Å². The molecule has 0 saturated heterocycles. The van der Waals surface area contributed by atoms with Crippen LogP contribution in [-0.4, -0.2) is 33.6 Å². The molecule has 142 valence electrons. The van der Waals surface area contributed by atoms with Crippen LogP contribution in [0.25, 0.3) is 33.5 Å². The number of fused-ring (bicyclic) bond motifs is 1. The molecule has 0 saturated carbocycles. The summed E-state index contributed by atoms with van der Waals surface area (Å²) in [5, 5.41) is -0.485. The molecule has 3 aromatic heterocycles. The molecule has 0 spiro atoms. The lowest BCUT2D eigenvalue weighted by atomic mass is 10.1. The number of rotatable bonds is 4. The standard InChI is InChI=1S/C20H17FN4O2S/c1-12(2)28(26,27)15-6-3-13(4-7-15)17-11-24-20-19(25-17)16(10-23-20)14-5-8-18(21)22-9-14/h3-12H,1-2H3,(H,23,24). The number of benzene rings is 1. The molecule has 0 aliphatic heterocycles. The molecule has 0 fully saturated rings. The molecule has 28 heavy (non-hydrogen) atoms. The average Bonchev–Trinajstić information content (AvgIpc) is 3.12. The lowest BCUT2D eigenvalue weighted by molar-refractivity contribution is 0.584. The quantitative estimate of drug-likeness (QED) is 0.527. The highest BCUT2D eigenvalue weighted by molar-refractivity contribution is 7.92. The van der Waals surface area contributed by atoms with Gasteiger partial charge in [-0.05, 0) is 38.1 Å². The molecule has 0 aliphatic carbocycles. The predicted molar refractivity (Wildman–Crippen MR) is 105 cm³/mol. The smallest absolute Gasteiger partial charge is 0.212 e. The second-order valence-corrected chi connectivity index (χ2v) is 9.15. The van der Waals surface area contributed by atoms with Gasteiger partial charge >= 0.3 is 0 Å². The van der Waals surface area contributed by atoms with E-state index in [1.54, 1.807) is 56.6 Å². The fourth-order valence-corrected chi connectivity index (χ4v) is 3.93. The van der Waals surface area contributed by atoms with Crippen LogP contribution in [0.2, 0.25) is 0 Å². The van der Waals surface area contributed by atoms with Crippen molar-refractivity contribution >= 4 is 21.0 Å². The molecular formula is C20H17FN4O2S. The molecule has 0 unspecified atom stereocenters. The summed E-state index contributed by atoms with van der Waals surface area (Å²) in [6, 6.07) is 9.52. The van der Waals surface area contributed by atoms with Crippen LogP contribution >= 0.6 is 0 Å². The van der Waals surface area contributed by atoms with E-state index in [4.69, 9.17) is 0 Å². The summed E-state index contributed by atoms with van der Waals surface area (Å²) >= 11 is 0. The molecular weight excluding hydrogens is 379 g/mol. The molecule has 1 N–H and O–H groups in total. The van der Waals surface area contributed by atoms with Crippen molar-refractivity contribution in [3.63, 3.8) is 0 Å². The molecule has 0 aliphatic rings. The third-order valence-corrected chi connectivity index (χ3v) is 6.69. The van der Waals surface area contributed by atoms with Crippen LogP contribution in [0.15, 0.2) is 59.9 Å². The molecule has 3 heterocycles. The Labute approximate surface area is 161 Å². The summed E-state index contributed by atoms with van der Waals surface area (Å²) in [5.41, 5.74) is 4.07. The highest BCUT2D eigenvalue weighted by Gasteiger charge is 2.19. The zero-order valence-corrected chi connectivity index (χ0v) is 16.0. The summed E-state index contributed by atoms with van der Waals surface area (Å²) in [6.45, 7) is 3.31. The number of H-pyrrole nitrogens is 1. The minimum atomic E-state index is -3.33. The zero-order valence-electron chi connectivity index (χ0n) is 15.2. The van der Waals surface area contributed by atoms with E-state index in [2.05, 4.69) is 19.9 Å². The third kappa shape index (κ3) is 3.16. The van der Waals surface area contributed by atoms with Crippen LogP contribution in [0.4, 0.5) is 4.39 Å². The number of nitrogens with zero attached hydrogens (tertiary/aromatic N) is 3. The van der Waals surface area contributed by atoms with Crippen molar-refractivity contribution in [2.45, 2.75) is 24.0 Å². The lowest BCUT2D eigenvalue weighted by Gasteiger charge is -2.08. The van der Waals surface area contributed by atoms with Gasteiger partial charge in [0.05, 0.1) is 22.0 Å². The SMILES string of the molecule is CC(C)S(=O)(=O)c1ccc(-c2cnc3[nH]cc(-c4ccc(F)nc4)c3n2)cc1. The number of aromatic nitrogens is 4. The van der Waals surface area contributed by atoms with Gasteiger partial charge in [-0.2, -0.15) is 4.39 Å². The summed E-state index contributed by atoms with van der Waals surface area (Å²) < 4.78 is 37.7. The number of hydrogen-bond acceptors (Lipinski definition) is 5. The summed E-state index contributed by atoms with van der Waals surface area (Å²) in [4.78, 5) is 16.1. The minimum Gasteiger partial charge on any atom is -0.344 e. The molecule has 0 radical (unpaired) electrons. The number of sulfone groups is 1. The number of nitrogens with one attached hydrogen (secondary N) is 1. The Morgan fingerprint density at radius 1 is 0.964 bits per heavy atom. The van der Waals surface area contributed by atoms with Crippen LogP contribution in [0.3, 0.4) is 0 Å². The maximum Gasteiger partial charge on any atom is 0.212 e. The second kappa shape index (κ2) is 6.79. The Morgan fingerprint density at radius 3 is 2.32 bits per heavy atom. The van der Waals surface area contributed by atoms with Crippen LogP contribution < -0.4 is 0 Å². The predicted octanol–water partition coefficient (Wildman–Crippen LogP) is 4.01. The third-order valence-electron chi connectivity index (χ3n) is 4.52. The largest absolute Gasteiger partial charge is 0.344 e. The summed E-state index contributed by atoms with van der Waals surface area (Å²) in [5.74, 6) is -0.549. The summed E-state index contributed by atoms with van der Waals surface area (Å²) in [7, 11) is -3.33. The topological polar surface area (TPSA) is 88.6 Å². The Hall–Kier alpha value is -3.13. The van der Waals surface area contributed by atoms with E-state index in [-0.39, 0.29) is 4.90 Å². The Bertz CT molecular complexity index is 1250. The first-order valence-electron chi connectivity index (χ1n) is 8.66. The monoisotopic (exact) mass is 396 g/mol. The van der Waals surface area contributed by atoms with E-state index in [1.807, 2.05) is 0 Å². The highest BCUT2D eigenvalue weighted by atomic mass is 32.2. The van der Waals surface area contributed by atoms with E-state index < -0.39 is 21.0 Å². The lowest BCUT2D eigenvalue weighted by Crippen LogP contribution is -2.13. The van der Waals surface area contributed by atoms with Gasteiger partial charge in [0.2, 0.25) is 5.95 Å². The van der Waals surface area contributed by atoms with Crippen molar-refractivity contribution in [2.24, 2.45) is 0 Å². The number of halogens is 1. The van der Waals surface area contributed by atoms with Crippen molar-refractivity contribution in [1.29, 1.82) is 0 Å². The first-order valence-corrected chi connectivity index (χ1v) is 10.2. The van der Waals surface area contributed by atoms with Crippen LogP contribution in [0.5, 0.6) is 0 Å². The maximum absolute atomic E-state index is 13.1. The van der Waals surface area contributed by atoms with Gasteiger partial charge in [-0.25, -0.2) is 23.4 Å². The van der Waals surface area contributed by atoms with Gasteiger partial charge in [-0.1, -0.05) is 12.1 Å². The molecule has 1 aromatic carbocycles. The number of pyridine rings is 1. The van der Waals surface area contributed by atoms with Crippen LogP contribution in [0, 0.1) is 5.95 Å². The van der Waals surface area contributed by atoms with Gasteiger partial charge in [0.1, 0.15) is 5.52 Å². The maximum atomic E-state index is 13.1. The first-order chi connectivity index (χ1) is 13.4. The minimum absolute atomic E-state index is 0.278. The number of aromatic amines is 1. The van der Waals surface area contributed by atoms with E-state index in [9.17, 15) is 12.8 Å². The first kappa shape index (κ1) is 18.2. The molecule has 6 nitrogen and oxygen atoms in total. The molecule has 0 amide bonds. The van der Waals surface area contributed by atoms with E-state index in [0.29, 0.717) is 16.9 Å². The van der Waals surface area contributed by atoms with Crippen LogP contribution in [-0.2, 0) is 9.84 Å². The molecule has 4 rings (SSSR count). The van der Waals surface area contributed by atoms with Gasteiger partial charge in [0, 0.05) is 29.1 Å².